The highest BCUT2D eigenvalue weighted by molar-refractivity contribution is 5.47. The van der Waals surface area contributed by atoms with Crippen molar-refractivity contribution in [2.45, 2.75) is 13.8 Å². The molecule has 0 aliphatic heterocycles. The lowest BCUT2D eigenvalue weighted by Crippen LogP contribution is -1.91. The third kappa shape index (κ3) is 2.29. The Balaban J connectivity index is 2.39. The Morgan fingerprint density at radius 2 is 2.00 bits per heavy atom. The number of ether oxygens (including phenoxy) is 1. The second-order valence-electron chi connectivity index (χ2n) is 3.83. The van der Waals surface area contributed by atoms with Crippen molar-refractivity contribution < 1.29 is 4.74 Å². The van der Waals surface area contributed by atoms with Crippen molar-refractivity contribution in [1.29, 1.82) is 5.26 Å². The highest BCUT2D eigenvalue weighted by atomic mass is 16.5. The van der Waals surface area contributed by atoms with Crippen LogP contribution in [0.3, 0.4) is 0 Å². The number of aryl methyl sites for hydroxylation is 1. The van der Waals surface area contributed by atoms with Crippen molar-refractivity contribution in [2.24, 2.45) is 0 Å². The summed E-state index contributed by atoms with van der Waals surface area (Å²) < 4.78 is 5.76. The fraction of sp³-hybridized carbons (Fsp3) is 0.133. The molecule has 2 heteroatoms. The Kier molecular flexibility index (Phi) is 3.11. The molecule has 2 nitrogen and oxygen atoms in total. The minimum Gasteiger partial charge on any atom is -0.456 e. The summed E-state index contributed by atoms with van der Waals surface area (Å²) in [5, 5.41) is 8.98. The molecule has 0 bridgehead atoms. The molecule has 0 aliphatic carbocycles. The monoisotopic (exact) mass is 222 g/mol. The van der Waals surface area contributed by atoms with Crippen LogP contribution in [-0.4, -0.2) is 0 Å². The molecule has 2 aromatic carbocycles. The van der Waals surface area contributed by atoms with E-state index in [-0.39, 0.29) is 0 Å². The molecule has 0 saturated heterocycles. The van der Waals surface area contributed by atoms with Gasteiger partial charge in [-0.25, -0.2) is 0 Å². The Morgan fingerprint density at radius 3 is 2.76 bits per heavy atom. The van der Waals surface area contributed by atoms with Crippen LogP contribution in [0, 0.1) is 31.2 Å². The molecule has 1 radical (unpaired) electrons. The minimum atomic E-state index is 0.518. The van der Waals surface area contributed by atoms with Gasteiger partial charge in [-0.3, -0.25) is 0 Å². The largest absolute Gasteiger partial charge is 0.456 e. The molecule has 0 fully saturated rings. The summed E-state index contributed by atoms with van der Waals surface area (Å²) >= 11 is 0. The van der Waals surface area contributed by atoms with E-state index in [0.29, 0.717) is 11.3 Å². The van der Waals surface area contributed by atoms with Gasteiger partial charge in [-0.15, -0.1) is 0 Å². The predicted octanol–water partition coefficient (Wildman–Crippen LogP) is 3.77. The molecule has 17 heavy (non-hydrogen) atoms. The molecule has 0 saturated carbocycles. The van der Waals surface area contributed by atoms with E-state index in [0.717, 1.165) is 11.3 Å². The Labute approximate surface area is 101 Å². The van der Waals surface area contributed by atoms with E-state index in [1.54, 1.807) is 18.2 Å². The molecule has 2 aromatic rings. The van der Waals surface area contributed by atoms with Gasteiger partial charge in [0.15, 0.2) is 0 Å². The van der Waals surface area contributed by atoms with Crippen molar-refractivity contribution in [3.63, 3.8) is 0 Å². The summed E-state index contributed by atoms with van der Waals surface area (Å²) in [4.78, 5) is 0. The zero-order valence-corrected chi connectivity index (χ0v) is 9.82. The molecular formula is C15H12NO. The molecule has 0 heterocycles. The normalized spacial score (nSPS) is 9.71. The van der Waals surface area contributed by atoms with Crippen LogP contribution in [0.1, 0.15) is 16.7 Å². The van der Waals surface area contributed by atoms with E-state index in [2.05, 4.69) is 12.1 Å². The van der Waals surface area contributed by atoms with Gasteiger partial charge in [-0.05, 0) is 49.2 Å². The zero-order valence-electron chi connectivity index (χ0n) is 9.82. The zero-order chi connectivity index (χ0) is 12.3. The Bertz CT molecular complexity index is 582. The van der Waals surface area contributed by atoms with Crippen LogP contribution in [0.4, 0.5) is 0 Å². The van der Waals surface area contributed by atoms with Crippen LogP contribution in [0.5, 0.6) is 11.5 Å². The van der Waals surface area contributed by atoms with E-state index < -0.39 is 0 Å². The van der Waals surface area contributed by atoms with Gasteiger partial charge < -0.3 is 4.74 Å². The third-order valence-corrected chi connectivity index (χ3v) is 2.72. The molecule has 0 unspecified atom stereocenters. The quantitative estimate of drug-likeness (QED) is 0.774. The van der Waals surface area contributed by atoms with Crippen LogP contribution in [-0.2, 0) is 0 Å². The van der Waals surface area contributed by atoms with Crippen molar-refractivity contribution in [3.05, 3.63) is 59.2 Å². The number of nitriles is 1. The Hall–Kier alpha value is -2.27. The highest BCUT2D eigenvalue weighted by Gasteiger charge is 2.06. The van der Waals surface area contributed by atoms with Gasteiger partial charge >= 0.3 is 0 Å². The number of benzene rings is 2. The maximum atomic E-state index is 8.98. The lowest BCUT2D eigenvalue weighted by molar-refractivity contribution is 0.476. The summed E-state index contributed by atoms with van der Waals surface area (Å²) in [5.74, 6) is 1.32. The maximum Gasteiger partial charge on any atom is 0.145 e. The second-order valence-corrected chi connectivity index (χ2v) is 3.83. The first kappa shape index (κ1) is 11.2. The number of rotatable bonds is 2. The first-order chi connectivity index (χ1) is 8.22. The molecule has 0 atom stereocenters. The van der Waals surface area contributed by atoms with Gasteiger partial charge in [-0.2, -0.15) is 5.26 Å². The topological polar surface area (TPSA) is 33.0 Å². The lowest BCUT2D eigenvalue weighted by atomic mass is 10.1. The minimum absolute atomic E-state index is 0.518. The van der Waals surface area contributed by atoms with Gasteiger partial charge in [0, 0.05) is 0 Å². The van der Waals surface area contributed by atoms with Crippen LogP contribution in [0.25, 0.3) is 0 Å². The molecule has 2 rings (SSSR count). The molecule has 0 aromatic heterocycles. The smallest absolute Gasteiger partial charge is 0.145 e. The van der Waals surface area contributed by atoms with Crippen LogP contribution >= 0.6 is 0 Å². The SMILES string of the molecule is Cc1cccc(Oc2c[c]ccc2C#N)c1C. The van der Waals surface area contributed by atoms with Gasteiger partial charge in [0.2, 0.25) is 0 Å². The molecule has 83 valence electrons. The predicted molar refractivity (Wildman–Crippen MR) is 66.0 cm³/mol. The van der Waals surface area contributed by atoms with Gasteiger partial charge in [0.1, 0.15) is 17.6 Å². The van der Waals surface area contributed by atoms with Crippen LogP contribution in [0.2, 0.25) is 0 Å². The van der Waals surface area contributed by atoms with Crippen LogP contribution < -0.4 is 4.74 Å². The molecule has 0 spiro atoms. The second kappa shape index (κ2) is 4.71. The summed E-state index contributed by atoms with van der Waals surface area (Å²) in [7, 11) is 0. The summed E-state index contributed by atoms with van der Waals surface area (Å²) in [5.41, 5.74) is 2.77. The van der Waals surface area contributed by atoms with Crippen molar-refractivity contribution in [1.82, 2.24) is 0 Å². The highest BCUT2D eigenvalue weighted by Crippen LogP contribution is 2.28. The standard InChI is InChI=1S/C15H12NO/c1-11-6-5-9-14(12(11)2)17-15-8-4-3-7-13(15)10-16/h3,5-9H,1-2H3. The molecule has 0 amide bonds. The molecule has 0 aliphatic rings. The van der Waals surface area contributed by atoms with Crippen molar-refractivity contribution in [2.75, 3.05) is 0 Å². The maximum absolute atomic E-state index is 8.98. The van der Waals surface area contributed by atoms with Gasteiger partial charge in [0.25, 0.3) is 0 Å². The first-order valence-corrected chi connectivity index (χ1v) is 5.36. The number of hydrogen-bond acceptors (Lipinski definition) is 2. The van der Waals surface area contributed by atoms with E-state index >= 15 is 0 Å². The third-order valence-electron chi connectivity index (χ3n) is 2.72. The number of nitrogens with zero attached hydrogens (tertiary/aromatic N) is 1. The van der Waals surface area contributed by atoms with E-state index in [1.165, 1.54) is 5.56 Å². The van der Waals surface area contributed by atoms with Crippen molar-refractivity contribution >= 4 is 0 Å². The van der Waals surface area contributed by atoms with Crippen molar-refractivity contribution in [3.8, 4) is 17.6 Å². The number of hydrogen-bond donors (Lipinski definition) is 0. The van der Waals surface area contributed by atoms with E-state index in [9.17, 15) is 0 Å². The Morgan fingerprint density at radius 1 is 1.18 bits per heavy atom. The van der Waals surface area contributed by atoms with E-state index in [4.69, 9.17) is 10.00 Å². The summed E-state index contributed by atoms with van der Waals surface area (Å²) in [6.45, 7) is 4.04. The molecule has 0 N–H and O–H groups in total. The van der Waals surface area contributed by atoms with Gasteiger partial charge in [0.05, 0.1) is 5.56 Å². The van der Waals surface area contributed by atoms with E-state index in [1.807, 2.05) is 32.0 Å². The first-order valence-electron chi connectivity index (χ1n) is 5.36. The van der Waals surface area contributed by atoms with Gasteiger partial charge in [-0.1, -0.05) is 18.2 Å². The fourth-order valence-electron chi connectivity index (χ4n) is 1.55. The average molecular weight is 222 g/mol. The van der Waals surface area contributed by atoms with Crippen LogP contribution in [0.15, 0.2) is 36.4 Å². The fourth-order valence-corrected chi connectivity index (χ4v) is 1.55. The molecular weight excluding hydrogens is 210 g/mol. The summed E-state index contributed by atoms with van der Waals surface area (Å²) in [6, 6.07) is 16.0. The average Bonchev–Trinajstić information content (AvgIpc) is 2.35. The lowest BCUT2D eigenvalue weighted by Gasteiger charge is -2.11. The summed E-state index contributed by atoms with van der Waals surface area (Å²) in [6.07, 6.45) is 0.